The van der Waals surface area contributed by atoms with E-state index in [9.17, 15) is 4.79 Å². The van der Waals surface area contributed by atoms with Crippen LogP contribution in [0.3, 0.4) is 0 Å². The zero-order valence-corrected chi connectivity index (χ0v) is 15.1. The number of aromatic nitrogens is 2. The Kier molecular flexibility index (Phi) is 3.80. The maximum atomic E-state index is 11.6. The van der Waals surface area contributed by atoms with Gasteiger partial charge in [-0.15, -0.1) is 0 Å². The molecule has 1 aliphatic heterocycles. The van der Waals surface area contributed by atoms with Crippen LogP contribution in [-0.2, 0) is 0 Å². The van der Waals surface area contributed by atoms with Crippen molar-refractivity contribution < 1.29 is 4.79 Å². The van der Waals surface area contributed by atoms with E-state index in [0.29, 0.717) is 11.3 Å². The molecule has 0 atom stereocenters. The van der Waals surface area contributed by atoms with Gasteiger partial charge in [0.2, 0.25) is 0 Å². The maximum absolute atomic E-state index is 11.6. The van der Waals surface area contributed by atoms with E-state index in [1.165, 1.54) is 4.90 Å². The van der Waals surface area contributed by atoms with Crippen molar-refractivity contribution in [2.75, 3.05) is 5.32 Å². The Bertz CT molecular complexity index is 1150. The number of hydrogen-bond donors (Lipinski definition) is 1. The third kappa shape index (κ3) is 2.82. The molecule has 27 heavy (non-hydrogen) atoms. The van der Waals surface area contributed by atoms with Crippen molar-refractivity contribution in [3.8, 4) is 16.9 Å². The molecule has 2 heterocycles. The third-order valence-electron chi connectivity index (χ3n) is 4.52. The molecule has 0 saturated heterocycles. The number of fused-ring (bicyclic) bond motifs is 2. The number of para-hydroxylation sites is 2. The van der Waals surface area contributed by atoms with Gasteiger partial charge in [0.15, 0.2) is 6.29 Å². The Morgan fingerprint density at radius 2 is 1.67 bits per heavy atom. The van der Waals surface area contributed by atoms with Crippen molar-refractivity contribution >= 4 is 29.4 Å². The lowest BCUT2D eigenvalue weighted by atomic mass is 10.1. The summed E-state index contributed by atoms with van der Waals surface area (Å²) in [5.41, 5.74) is 5.22. The molecule has 0 aliphatic carbocycles. The summed E-state index contributed by atoms with van der Waals surface area (Å²) in [5, 5.41) is 8.15. The molecule has 0 amide bonds. The molecule has 0 saturated carbocycles. The zero-order valence-electron chi connectivity index (χ0n) is 14.3. The van der Waals surface area contributed by atoms with E-state index in [1.807, 2.05) is 48.5 Å². The van der Waals surface area contributed by atoms with Crippen LogP contribution in [0.1, 0.15) is 10.4 Å². The number of hydrogen-bond acceptors (Lipinski definition) is 4. The van der Waals surface area contributed by atoms with Crippen LogP contribution in [0.4, 0.5) is 11.4 Å². The summed E-state index contributed by atoms with van der Waals surface area (Å²) in [4.78, 5) is 14.0. The molecule has 0 bridgehead atoms. The van der Waals surface area contributed by atoms with Gasteiger partial charge in [-0.3, -0.25) is 4.79 Å². The highest BCUT2D eigenvalue weighted by molar-refractivity contribution is 7.99. The number of nitrogens with zero attached hydrogens (tertiary/aromatic N) is 2. The first-order valence-electron chi connectivity index (χ1n) is 8.60. The number of carbonyl (C=O) groups is 1. The molecule has 0 fully saturated rings. The van der Waals surface area contributed by atoms with E-state index >= 15 is 0 Å². The smallest absolute Gasteiger partial charge is 0.153 e. The fourth-order valence-corrected chi connectivity index (χ4v) is 4.17. The topological polar surface area (TPSA) is 46.9 Å². The summed E-state index contributed by atoms with van der Waals surface area (Å²) >= 11 is 1.74. The minimum absolute atomic E-state index is 0.572. The lowest BCUT2D eigenvalue weighted by Crippen LogP contribution is -2.00. The van der Waals surface area contributed by atoms with Gasteiger partial charge < -0.3 is 5.32 Å². The molecule has 1 aliphatic rings. The second kappa shape index (κ2) is 6.45. The summed E-state index contributed by atoms with van der Waals surface area (Å²) < 4.78 is 1.75. The summed E-state index contributed by atoms with van der Waals surface area (Å²) in [6, 6.07) is 24.2. The van der Waals surface area contributed by atoms with Gasteiger partial charge in [-0.05, 0) is 36.4 Å². The monoisotopic (exact) mass is 369 g/mol. The average Bonchev–Trinajstić information content (AvgIpc) is 3.17. The molecule has 1 aromatic heterocycles. The highest BCUT2D eigenvalue weighted by atomic mass is 32.2. The van der Waals surface area contributed by atoms with Gasteiger partial charge in [-0.1, -0.05) is 48.2 Å². The van der Waals surface area contributed by atoms with E-state index in [2.05, 4.69) is 34.7 Å². The van der Waals surface area contributed by atoms with Gasteiger partial charge in [0, 0.05) is 21.6 Å². The molecule has 1 N–H and O–H groups in total. The largest absolute Gasteiger partial charge is 0.354 e. The van der Waals surface area contributed by atoms with Gasteiger partial charge in [-0.2, -0.15) is 5.10 Å². The SMILES string of the molecule is O=Cc1cn(-c2ccccc2)nc1-c1ccc2c(c1)Nc1ccccc1S2. The minimum atomic E-state index is 0.572. The van der Waals surface area contributed by atoms with Gasteiger partial charge in [0.1, 0.15) is 5.69 Å². The summed E-state index contributed by atoms with van der Waals surface area (Å²) in [6.07, 6.45) is 2.63. The molecule has 5 heteroatoms. The first kappa shape index (κ1) is 15.9. The fourth-order valence-electron chi connectivity index (χ4n) is 3.20. The van der Waals surface area contributed by atoms with Crippen LogP contribution in [-0.4, -0.2) is 16.1 Å². The van der Waals surface area contributed by atoms with Gasteiger partial charge >= 0.3 is 0 Å². The number of benzene rings is 3. The number of carbonyl (C=O) groups excluding carboxylic acids is 1. The van der Waals surface area contributed by atoms with Crippen molar-refractivity contribution in [2.24, 2.45) is 0 Å². The maximum Gasteiger partial charge on any atom is 0.153 e. The first-order valence-corrected chi connectivity index (χ1v) is 9.42. The standard InChI is InChI=1S/C22H15N3OS/c26-14-16-13-25(17-6-2-1-3-7-17)24-22(16)15-10-11-21-19(12-15)23-18-8-4-5-9-20(18)27-21/h1-14,23H. The van der Waals surface area contributed by atoms with Crippen molar-refractivity contribution in [1.82, 2.24) is 9.78 Å². The highest BCUT2D eigenvalue weighted by Gasteiger charge is 2.18. The van der Waals surface area contributed by atoms with Gasteiger partial charge in [0.25, 0.3) is 0 Å². The second-order valence-electron chi connectivity index (χ2n) is 6.27. The van der Waals surface area contributed by atoms with Gasteiger partial charge in [0.05, 0.1) is 22.6 Å². The molecule has 4 nitrogen and oxygen atoms in total. The van der Waals surface area contributed by atoms with E-state index in [1.54, 1.807) is 22.6 Å². The Morgan fingerprint density at radius 1 is 0.889 bits per heavy atom. The Balaban J connectivity index is 1.57. The van der Waals surface area contributed by atoms with Crippen LogP contribution in [0.2, 0.25) is 0 Å². The van der Waals surface area contributed by atoms with Crippen molar-refractivity contribution in [1.29, 1.82) is 0 Å². The number of anilines is 2. The van der Waals surface area contributed by atoms with E-state index in [4.69, 9.17) is 0 Å². The van der Waals surface area contributed by atoms with Crippen LogP contribution < -0.4 is 5.32 Å². The number of nitrogens with one attached hydrogen (secondary N) is 1. The van der Waals surface area contributed by atoms with Crippen molar-refractivity contribution in [3.05, 3.63) is 84.6 Å². The molecule has 0 radical (unpaired) electrons. The van der Waals surface area contributed by atoms with E-state index in [0.717, 1.165) is 33.8 Å². The summed E-state index contributed by atoms with van der Waals surface area (Å²) in [5.74, 6) is 0. The zero-order chi connectivity index (χ0) is 18.2. The van der Waals surface area contributed by atoms with Crippen LogP contribution in [0.15, 0.2) is 88.8 Å². The van der Waals surface area contributed by atoms with E-state index < -0.39 is 0 Å². The number of aldehydes is 1. The molecule has 0 spiro atoms. The predicted molar refractivity (Wildman–Crippen MR) is 108 cm³/mol. The molecule has 130 valence electrons. The summed E-state index contributed by atoms with van der Waals surface area (Å²) in [7, 11) is 0. The minimum Gasteiger partial charge on any atom is -0.354 e. The Morgan fingerprint density at radius 3 is 2.52 bits per heavy atom. The van der Waals surface area contributed by atoms with Crippen molar-refractivity contribution in [3.63, 3.8) is 0 Å². The Labute approximate surface area is 160 Å². The predicted octanol–water partition coefficient (Wildman–Crippen LogP) is 5.56. The summed E-state index contributed by atoms with van der Waals surface area (Å²) in [6.45, 7) is 0. The molecular formula is C22H15N3OS. The second-order valence-corrected chi connectivity index (χ2v) is 7.35. The van der Waals surface area contributed by atoms with Crippen LogP contribution in [0, 0.1) is 0 Å². The molecular weight excluding hydrogens is 354 g/mol. The van der Waals surface area contributed by atoms with Gasteiger partial charge in [-0.25, -0.2) is 4.68 Å². The third-order valence-corrected chi connectivity index (χ3v) is 5.67. The highest BCUT2D eigenvalue weighted by Crippen LogP contribution is 2.45. The Hall–Kier alpha value is -3.31. The molecule has 0 unspecified atom stereocenters. The van der Waals surface area contributed by atoms with Crippen molar-refractivity contribution in [2.45, 2.75) is 9.79 Å². The van der Waals surface area contributed by atoms with Crippen LogP contribution in [0.5, 0.6) is 0 Å². The molecule has 3 aromatic carbocycles. The first-order chi connectivity index (χ1) is 13.3. The van der Waals surface area contributed by atoms with Crippen LogP contribution in [0.25, 0.3) is 16.9 Å². The lowest BCUT2D eigenvalue weighted by molar-refractivity contribution is 0.112. The fraction of sp³-hybridized carbons (Fsp3) is 0. The normalized spacial score (nSPS) is 12.0. The molecule has 5 rings (SSSR count). The van der Waals surface area contributed by atoms with E-state index in [-0.39, 0.29) is 0 Å². The lowest BCUT2D eigenvalue weighted by Gasteiger charge is -2.21. The quantitative estimate of drug-likeness (QED) is 0.423. The molecule has 4 aromatic rings. The average molecular weight is 369 g/mol. The van der Waals surface area contributed by atoms with Crippen LogP contribution >= 0.6 is 11.8 Å². The number of rotatable bonds is 3.